The van der Waals surface area contributed by atoms with Crippen molar-refractivity contribution in [2.45, 2.75) is 6.18 Å². The topological polar surface area (TPSA) is 88.1 Å². The molecule has 0 aliphatic rings. The molecule has 0 saturated heterocycles. The molecule has 1 N–H and O–H groups in total. The first-order chi connectivity index (χ1) is 10.3. The molecule has 0 atom stereocenters. The summed E-state index contributed by atoms with van der Waals surface area (Å²) in [6, 6.07) is 7.19. The average molecular weight is 311 g/mol. The van der Waals surface area contributed by atoms with Gasteiger partial charge in [0.15, 0.2) is 11.4 Å². The number of carboxylic acid groups (broad SMARTS) is 1. The van der Waals surface area contributed by atoms with Gasteiger partial charge in [0.2, 0.25) is 5.69 Å². The maximum Gasteiger partial charge on any atom is 0.438 e. The number of carbonyl (C=O) groups is 1. The molecule has 0 unspecified atom stereocenters. The summed E-state index contributed by atoms with van der Waals surface area (Å²) in [5.74, 6) is -2.52. The number of aromatic carboxylic acids is 1. The van der Waals surface area contributed by atoms with E-state index >= 15 is 0 Å². The van der Waals surface area contributed by atoms with Gasteiger partial charge in [0.25, 0.3) is 0 Å². The number of hydrogen-bond acceptors (Lipinski definition) is 4. The first kappa shape index (κ1) is 15.4. The standard InChI is InChI=1S/C13H8F3N3O3/c1-22-10-9(12(20)21)19(18-11(10)13(14,15)16)8-4-2-3-7(5-8)6-17/h2-5H,1H3,(H,20,21). The summed E-state index contributed by atoms with van der Waals surface area (Å²) in [4.78, 5) is 11.3. The van der Waals surface area contributed by atoms with Gasteiger partial charge in [0, 0.05) is 0 Å². The molecule has 1 aromatic heterocycles. The van der Waals surface area contributed by atoms with Crippen molar-refractivity contribution < 1.29 is 27.8 Å². The number of benzene rings is 1. The molecule has 0 bridgehead atoms. The van der Waals surface area contributed by atoms with E-state index in [9.17, 15) is 23.1 Å². The predicted molar refractivity (Wildman–Crippen MR) is 66.8 cm³/mol. The number of aromatic nitrogens is 2. The second kappa shape index (κ2) is 5.40. The fourth-order valence-electron chi connectivity index (χ4n) is 1.86. The van der Waals surface area contributed by atoms with Crippen LogP contribution < -0.4 is 4.74 Å². The van der Waals surface area contributed by atoms with Crippen LogP contribution in [0.3, 0.4) is 0 Å². The molecule has 0 spiro atoms. The van der Waals surface area contributed by atoms with Crippen LogP contribution in [0.2, 0.25) is 0 Å². The van der Waals surface area contributed by atoms with Gasteiger partial charge in [0.05, 0.1) is 24.4 Å². The number of alkyl halides is 3. The number of rotatable bonds is 3. The van der Waals surface area contributed by atoms with Crippen molar-refractivity contribution in [3.05, 3.63) is 41.2 Å². The quantitative estimate of drug-likeness (QED) is 0.940. The minimum absolute atomic E-state index is 0.00486. The van der Waals surface area contributed by atoms with Crippen molar-refractivity contribution in [2.24, 2.45) is 0 Å². The maximum absolute atomic E-state index is 13.0. The Hall–Kier alpha value is -3.02. The fourth-order valence-corrected chi connectivity index (χ4v) is 1.86. The summed E-state index contributed by atoms with van der Waals surface area (Å²) in [5.41, 5.74) is -2.07. The van der Waals surface area contributed by atoms with E-state index in [0.29, 0.717) is 4.68 Å². The monoisotopic (exact) mass is 311 g/mol. The number of halogens is 3. The zero-order chi connectivity index (χ0) is 16.5. The summed E-state index contributed by atoms with van der Waals surface area (Å²) < 4.78 is 44.0. The Morgan fingerprint density at radius 3 is 2.64 bits per heavy atom. The Balaban J connectivity index is 2.78. The van der Waals surface area contributed by atoms with Crippen LogP contribution in [0.15, 0.2) is 24.3 Å². The van der Waals surface area contributed by atoms with E-state index in [2.05, 4.69) is 9.84 Å². The van der Waals surface area contributed by atoms with E-state index in [4.69, 9.17) is 5.26 Å². The van der Waals surface area contributed by atoms with Gasteiger partial charge < -0.3 is 9.84 Å². The van der Waals surface area contributed by atoms with Crippen LogP contribution in [-0.2, 0) is 6.18 Å². The molecule has 0 radical (unpaired) electrons. The summed E-state index contributed by atoms with van der Waals surface area (Å²) in [7, 11) is 0.925. The Morgan fingerprint density at radius 1 is 1.45 bits per heavy atom. The highest BCUT2D eigenvalue weighted by molar-refractivity contribution is 5.90. The first-order valence-electron chi connectivity index (χ1n) is 5.77. The molecule has 2 rings (SSSR count). The smallest absolute Gasteiger partial charge is 0.438 e. The molecule has 1 aromatic carbocycles. The second-order valence-corrected chi connectivity index (χ2v) is 4.11. The van der Waals surface area contributed by atoms with Crippen molar-refractivity contribution in [3.63, 3.8) is 0 Å². The lowest BCUT2D eigenvalue weighted by Gasteiger charge is -2.05. The van der Waals surface area contributed by atoms with Crippen molar-refractivity contribution in [1.29, 1.82) is 5.26 Å². The van der Waals surface area contributed by atoms with E-state index in [-0.39, 0.29) is 11.3 Å². The lowest BCUT2D eigenvalue weighted by molar-refractivity contribution is -0.142. The molecule has 6 nitrogen and oxygen atoms in total. The molecule has 2 aromatic rings. The number of hydrogen-bond donors (Lipinski definition) is 1. The Morgan fingerprint density at radius 2 is 2.14 bits per heavy atom. The molecule has 9 heteroatoms. The number of nitrogens with zero attached hydrogens (tertiary/aromatic N) is 3. The van der Waals surface area contributed by atoms with Crippen LogP contribution in [-0.4, -0.2) is 28.0 Å². The molecule has 0 fully saturated rings. The van der Waals surface area contributed by atoms with Gasteiger partial charge in [-0.1, -0.05) is 6.07 Å². The molecular weight excluding hydrogens is 303 g/mol. The third kappa shape index (κ3) is 2.58. The summed E-state index contributed by atoms with van der Waals surface area (Å²) in [6.07, 6.45) is -4.88. The average Bonchev–Trinajstić information content (AvgIpc) is 2.87. The summed E-state index contributed by atoms with van der Waals surface area (Å²) >= 11 is 0. The molecule has 0 aliphatic heterocycles. The highest BCUT2D eigenvalue weighted by atomic mass is 19.4. The van der Waals surface area contributed by atoms with Crippen LogP contribution in [0.25, 0.3) is 5.69 Å². The van der Waals surface area contributed by atoms with Crippen LogP contribution in [0.1, 0.15) is 21.7 Å². The third-order valence-electron chi connectivity index (χ3n) is 2.74. The SMILES string of the molecule is COc1c(C(F)(F)F)nn(-c2cccc(C#N)c2)c1C(=O)O. The van der Waals surface area contributed by atoms with E-state index in [1.165, 1.54) is 24.3 Å². The number of carboxylic acids is 1. The van der Waals surface area contributed by atoms with E-state index < -0.39 is 29.3 Å². The summed E-state index contributed by atoms with van der Waals surface area (Å²) in [6.45, 7) is 0. The molecule has 1 heterocycles. The van der Waals surface area contributed by atoms with Crippen molar-refractivity contribution >= 4 is 5.97 Å². The van der Waals surface area contributed by atoms with Gasteiger partial charge in [-0.05, 0) is 18.2 Å². The second-order valence-electron chi connectivity index (χ2n) is 4.11. The van der Waals surface area contributed by atoms with Gasteiger partial charge in [-0.15, -0.1) is 0 Å². The Labute approximate surface area is 122 Å². The molecule has 22 heavy (non-hydrogen) atoms. The normalized spacial score (nSPS) is 11.0. The molecular formula is C13H8F3N3O3. The maximum atomic E-state index is 13.0. The van der Waals surface area contributed by atoms with E-state index in [0.717, 1.165) is 7.11 Å². The number of ether oxygens (including phenoxy) is 1. The van der Waals surface area contributed by atoms with Gasteiger partial charge in [-0.3, -0.25) is 0 Å². The molecule has 114 valence electrons. The Kier molecular flexibility index (Phi) is 3.77. The minimum atomic E-state index is -4.88. The number of methoxy groups -OCH3 is 1. The van der Waals surface area contributed by atoms with Crippen LogP contribution in [0, 0.1) is 11.3 Å². The fraction of sp³-hybridized carbons (Fsp3) is 0.154. The van der Waals surface area contributed by atoms with Gasteiger partial charge in [-0.25, -0.2) is 9.48 Å². The Bertz CT molecular complexity index is 775. The van der Waals surface area contributed by atoms with Crippen molar-refractivity contribution in [3.8, 4) is 17.5 Å². The minimum Gasteiger partial charge on any atom is -0.492 e. The third-order valence-corrected chi connectivity index (χ3v) is 2.74. The zero-order valence-electron chi connectivity index (χ0n) is 11.0. The van der Waals surface area contributed by atoms with E-state index in [1.54, 1.807) is 0 Å². The first-order valence-corrected chi connectivity index (χ1v) is 5.77. The summed E-state index contributed by atoms with van der Waals surface area (Å²) in [5, 5.41) is 21.3. The lowest BCUT2D eigenvalue weighted by Crippen LogP contribution is -2.09. The van der Waals surface area contributed by atoms with Crippen LogP contribution in [0.4, 0.5) is 13.2 Å². The van der Waals surface area contributed by atoms with E-state index in [1.807, 2.05) is 6.07 Å². The highest BCUT2D eigenvalue weighted by Crippen LogP contribution is 2.38. The van der Waals surface area contributed by atoms with Gasteiger partial charge in [0.1, 0.15) is 0 Å². The van der Waals surface area contributed by atoms with Crippen LogP contribution in [0.5, 0.6) is 5.75 Å². The van der Waals surface area contributed by atoms with Gasteiger partial charge in [-0.2, -0.15) is 23.5 Å². The lowest BCUT2D eigenvalue weighted by atomic mass is 10.2. The zero-order valence-corrected chi connectivity index (χ0v) is 11.0. The predicted octanol–water partition coefficient (Wildman–Crippen LogP) is 2.47. The molecule has 0 aliphatic carbocycles. The van der Waals surface area contributed by atoms with Crippen LogP contribution >= 0.6 is 0 Å². The molecule has 0 saturated carbocycles. The highest BCUT2D eigenvalue weighted by Gasteiger charge is 2.42. The largest absolute Gasteiger partial charge is 0.492 e. The van der Waals surface area contributed by atoms with Gasteiger partial charge >= 0.3 is 12.1 Å². The molecule has 0 amide bonds. The number of nitriles is 1. The van der Waals surface area contributed by atoms with Crippen molar-refractivity contribution in [1.82, 2.24) is 9.78 Å². The van der Waals surface area contributed by atoms with Crippen molar-refractivity contribution in [2.75, 3.05) is 7.11 Å².